The zero-order chi connectivity index (χ0) is 33.2. The maximum Gasteiger partial charge on any atom is 0.187 e. The number of carbonyl (C=O) groups excluding carboxylic acids is 2. The van der Waals surface area contributed by atoms with Gasteiger partial charge in [0.05, 0.1) is 0 Å². The Morgan fingerprint density at radius 1 is 0.578 bits per heavy atom. The van der Waals surface area contributed by atoms with E-state index in [2.05, 4.69) is 65.8 Å². The predicted molar refractivity (Wildman–Crippen MR) is 192 cm³/mol. The van der Waals surface area contributed by atoms with Gasteiger partial charge in [0.1, 0.15) is 12.2 Å². The minimum atomic E-state index is -0.907. The average molecular weight is 633 g/mol. The van der Waals surface area contributed by atoms with Crippen molar-refractivity contribution in [1.29, 1.82) is 0 Å². The fraction of sp³-hybridized carbons (Fsp3) is 0.400. The normalized spacial score (nSPS) is 24.0. The Bertz CT molecular complexity index is 1350. The molecule has 45 heavy (non-hydrogen) atoms. The molecule has 2 atom stereocenters. The summed E-state index contributed by atoms with van der Waals surface area (Å²) in [5.41, 5.74) is 7.16. The lowest BCUT2D eigenvalue weighted by atomic mass is 9.71. The molecule has 0 aromatic heterocycles. The van der Waals surface area contributed by atoms with Crippen molar-refractivity contribution in [2.45, 2.75) is 94.3 Å². The van der Waals surface area contributed by atoms with Gasteiger partial charge in [-0.1, -0.05) is 135 Å². The highest BCUT2D eigenvalue weighted by Crippen LogP contribution is 2.40. The van der Waals surface area contributed by atoms with Crippen LogP contribution < -0.4 is 0 Å². The summed E-state index contributed by atoms with van der Waals surface area (Å²) in [4.78, 5) is 24.5. The SMILES string of the molecule is CC1=C(/C=C/C(C)=C/C=C/C(C)=C/C=C/C=C(C)/C=C/C=C(C)/C=C/C2=C(C)C(=O)C(O)CC2(C)C)C(C)(C)CC(O)C1=O.Cl. The van der Waals surface area contributed by atoms with E-state index in [1.54, 1.807) is 13.8 Å². The maximum absolute atomic E-state index is 12.2. The number of halogens is 1. The van der Waals surface area contributed by atoms with Gasteiger partial charge in [-0.25, -0.2) is 0 Å². The predicted octanol–water partition coefficient (Wildman–Crippen LogP) is 9.33. The lowest BCUT2D eigenvalue weighted by Crippen LogP contribution is -2.35. The Morgan fingerprint density at radius 2 is 0.867 bits per heavy atom. The molecule has 0 heterocycles. The zero-order valence-corrected chi connectivity index (χ0v) is 29.6. The number of carbonyl (C=O) groups is 2. The van der Waals surface area contributed by atoms with Crippen LogP contribution in [0.4, 0.5) is 0 Å². The van der Waals surface area contributed by atoms with Gasteiger partial charge in [-0.05, 0) is 87.5 Å². The molecule has 0 aromatic rings. The molecule has 2 rings (SSSR count). The van der Waals surface area contributed by atoms with Crippen molar-refractivity contribution >= 4 is 24.0 Å². The summed E-state index contributed by atoms with van der Waals surface area (Å²) < 4.78 is 0. The van der Waals surface area contributed by atoms with E-state index in [0.29, 0.717) is 24.0 Å². The van der Waals surface area contributed by atoms with E-state index in [1.165, 1.54) is 0 Å². The van der Waals surface area contributed by atoms with Crippen molar-refractivity contribution in [3.05, 3.63) is 130 Å². The van der Waals surface area contributed by atoms with E-state index in [4.69, 9.17) is 0 Å². The van der Waals surface area contributed by atoms with Crippen molar-refractivity contribution in [2.24, 2.45) is 10.8 Å². The first-order valence-corrected chi connectivity index (χ1v) is 15.4. The molecule has 4 nitrogen and oxygen atoms in total. The minimum Gasteiger partial charge on any atom is -0.385 e. The standard InChI is InChI=1S/C40H52O4.ClH/c1-27(17-13-19-29(3)21-23-33-31(5)37(43)35(41)25-39(33,7)8)15-11-12-16-28(2)18-14-20-30(4)22-24-34-32(6)38(44)36(42)26-40(34,9)10;/h11-24,35-36,41-42H,25-26H2,1-10H3;1H/b12-11+,17-13+,18-14+,23-21+,24-22+,27-15+,28-16+,29-19+,30-20+;. The summed E-state index contributed by atoms with van der Waals surface area (Å²) in [6.45, 7) is 20.0. The lowest BCUT2D eigenvalue weighted by molar-refractivity contribution is -0.126. The van der Waals surface area contributed by atoms with E-state index < -0.39 is 12.2 Å². The van der Waals surface area contributed by atoms with E-state index in [9.17, 15) is 19.8 Å². The fourth-order valence-electron chi connectivity index (χ4n) is 5.62. The highest BCUT2D eigenvalue weighted by Gasteiger charge is 2.37. The molecule has 0 aromatic carbocycles. The molecule has 5 heteroatoms. The first kappa shape index (κ1) is 39.7. The number of aliphatic hydroxyl groups is 2. The Labute approximate surface area is 277 Å². The second kappa shape index (κ2) is 17.4. The van der Waals surface area contributed by atoms with Crippen LogP contribution in [0.2, 0.25) is 0 Å². The second-order valence-corrected chi connectivity index (χ2v) is 13.4. The van der Waals surface area contributed by atoms with Crippen LogP contribution >= 0.6 is 12.4 Å². The van der Waals surface area contributed by atoms with Gasteiger partial charge in [0.15, 0.2) is 11.6 Å². The molecule has 2 N–H and O–H groups in total. The average Bonchev–Trinajstić information content (AvgIpc) is 2.92. The minimum absolute atomic E-state index is 0. The third-order valence-electron chi connectivity index (χ3n) is 8.31. The second-order valence-electron chi connectivity index (χ2n) is 13.4. The summed E-state index contributed by atoms with van der Waals surface area (Å²) in [6.07, 6.45) is 27.5. The topological polar surface area (TPSA) is 74.6 Å². The molecule has 0 saturated carbocycles. The summed E-state index contributed by atoms with van der Waals surface area (Å²) in [5.74, 6) is -0.350. The van der Waals surface area contributed by atoms with Gasteiger partial charge in [-0.15, -0.1) is 12.4 Å². The van der Waals surface area contributed by atoms with Crippen molar-refractivity contribution in [3.8, 4) is 0 Å². The molecule has 2 aliphatic carbocycles. The number of ketones is 2. The maximum atomic E-state index is 12.2. The highest BCUT2D eigenvalue weighted by atomic mass is 35.5. The van der Waals surface area contributed by atoms with Crippen molar-refractivity contribution in [1.82, 2.24) is 0 Å². The number of Topliss-reactive ketones (excluding diaryl/α,β-unsaturated/α-hetero) is 2. The number of aliphatic hydroxyl groups excluding tert-OH is 2. The molecule has 0 aliphatic heterocycles. The van der Waals surface area contributed by atoms with Gasteiger partial charge in [0.2, 0.25) is 0 Å². The van der Waals surface area contributed by atoms with Crippen LogP contribution in [0.1, 0.15) is 82.1 Å². The van der Waals surface area contributed by atoms with Crippen LogP contribution in [-0.2, 0) is 9.59 Å². The van der Waals surface area contributed by atoms with Gasteiger partial charge in [-0.2, -0.15) is 0 Å². The van der Waals surface area contributed by atoms with E-state index in [1.807, 2.05) is 74.6 Å². The van der Waals surface area contributed by atoms with Gasteiger partial charge >= 0.3 is 0 Å². The molecule has 2 aliphatic rings. The quantitative estimate of drug-likeness (QED) is 0.235. The van der Waals surface area contributed by atoms with Crippen molar-refractivity contribution < 1.29 is 19.8 Å². The molecular weight excluding hydrogens is 580 g/mol. The Morgan fingerprint density at radius 3 is 1.20 bits per heavy atom. The smallest absolute Gasteiger partial charge is 0.187 e. The van der Waals surface area contributed by atoms with Gasteiger partial charge in [0, 0.05) is 0 Å². The van der Waals surface area contributed by atoms with Crippen LogP contribution in [-0.4, -0.2) is 34.0 Å². The molecule has 0 amide bonds. The summed E-state index contributed by atoms with van der Waals surface area (Å²) in [7, 11) is 0. The van der Waals surface area contributed by atoms with Crippen LogP contribution in [0, 0.1) is 10.8 Å². The van der Waals surface area contributed by atoms with Crippen molar-refractivity contribution in [2.75, 3.05) is 0 Å². The summed E-state index contributed by atoms with van der Waals surface area (Å²) >= 11 is 0. The number of hydrogen-bond donors (Lipinski definition) is 2. The molecule has 0 bridgehead atoms. The summed E-state index contributed by atoms with van der Waals surface area (Å²) in [6, 6.07) is 0. The van der Waals surface area contributed by atoms with Gasteiger partial charge in [0.25, 0.3) is 0 Å². The molecular formula is C40H53ClO4. The zero-order valence-electron chi connectivity index (χ0n) is 28.8. The first-order valence-electron chi connectivity index (χ1n) is 15.4. The monoisotopic (exact) mass is 632 g/mol. The Kier molecular flexibility index (Phi) is 15.4. The Hall–Kier alpha value is -3.31. The lowest BCUT2D eigenvalue weighted by Gasteiger charge is -2.34. The molecule has 0 spiro atoms. The first-order chi connectivity index (χ1) is 20.5. The Balaban J connectivity index is 0.0000101. The van der Waals surface area contributed by atoms with E-state index in [-0.39, 0.29) is 34.8 Å². The van der Waals surface area contributed by atoms with Crippen LogP contribution in [0.25, 0.3) is 0 Å². The molecule has 0 radical (unpaired) electrons. The largest absolute Gasteiger partial charge is 0.385 e. The van der Waals surface area contributed by atoms with Crippen LogP contribution in [0.3, 0.4) is 0 Å². The van der Waals surface area contributed by atoms with Crippen LogP contribution in [0.5, 0.6) is 0 Å². The summed E-state index contributed by atoms with van der Waals surface area (Å²) in [5, 5.41) is 20.0. The van der Waals surface area contributed by atoms with Crippen LogP contribution in [0.15, 0.2) is 130 Å². The number of hydrogen-bond acceptors (Lipinski definition) is 4. The van der Waals surface area contributed by atoms with E-state index in [0.717, 1.165) is 33.4 Å². The molecule has 0 fully saturated rings. The van der Waals surface area contributed by atoms with Crippen molar-refractivity contribution in [3.63, 3.8) is 0 Å². The third kappa shape index (κ3) is 11.9. The van der Waals surface area contributed by atoms with E-state index >= 15 is 0 Å². The number of rotatable bonds is 10. The number of allylic oxidation sites excluding steroid dienone is 20. The van der Waals surface area contributed by atoms with Gasteiger partial charge in [-0.3, -0.25) is 9.59 Å². The fourth-order valence-corrected chi connectivity index (χ4v) is 5.62. The van der Waals surface area contributed by atoms with Gasteiger partial charge < -0.3 is 10.2 Å². The highest BCUT2D eigenvalue weighted by molar-refractivity contribution is 6.01. The molecule has 244 valence electrons. The molecule has 2 unspecified atom stereocenters. The molecule has 0 saturated heterocycles. The third-order valence-corrected chi connectivity index (χ3v) is 8.31.